The third kappa shape index (κ3) is 4.25. The molecule has 0 bridgehead atoms. The van der Waals surface area contributed by atoms with Crippen LogP contribution in [-0.4, -0.2) is 52.2 Å². The Morgan fingerprint density at radius 1 is 1.43 bits per heavy atom. The monoisotopic (exact) mass is 338 g/mol. The third-order valence-electron chi connectivity index (χ3n) is 4.64. The highest BCUT2D eigenvalue weighted by Gasteiger charge is 2.35. The lowest BCUT2D eigenvalue weighted by Gasteiger charge is -2.26. The van der Waals surface area contributed by atoms with E-state index in [2.05, 4.69) is 10.2 Å². The van der Waals surface area contributed by atoms with Crippen LogP contribution in [-0.2, 0) is 11.3 Å². The fourth-order valence-electron chi connectivity index (χ4n) is 3.24. The lowest BCUT2D eigenvalue weighted by Crippen LogP contribution is -2.49. The van der Waals surface area contributed by atoms with Crippen molar-refractivity contribution >= 4 is 17.7 Å². The van der Waals surface area contributed by atoms with Gasteiger partial charge >= 0.3 is 0 Å². The number of halogens is 1. The van der Waals surface area contributed by atoms with Gasteiger partial charge in [0, 0.05) is 18.8 Å². The molecule has 2 fully saturated rings. The van der Waals surface area contributed by atoms with Crippen LogP contribution in [0.3, 0.4) is 0 Å². The predicted octanol–water partition coefficient (Wildman–Crippen LogP) is 1.77. The van der Waals surface area contributed by atoms with Crippen LogP contribution in [0.4, 0.5) is 4.39 Å². The Hall–Kier alpha value is -1.11. The van der Waals surface area contributed by atoms with Crippen LogP contribution >= 0.6 is 11.8 Å². The van der Waals surface area contributed by atoms with Crippen molar-refractivity contribution in [1.82, 2.24) is 10.2 Å². The van der Waals surface area contributed by atoms with Gasteiger partial charge in [0.05, 0.1) is 11.6 Å². The molecule has 0 aliphatic carbocycles. The van der Waals surface area contributed by atoms with Crippen molar-refractivity contribution < 1.29 is 14.3 Å². The zero-order valence-electron chi connectivity index (χ0n) is 13.1. The first-order valence-electron chi connectivity index (χ1n) is 8.12. The molecule has 1 aromatic rings. The molecule has 2 atom stereocenters. The van der Waals surface area contributed by atoms with Crippen molar-refractivity contribution in [3.8, 4) is 0 Å². The quantitative estimate of drug-likeness (QED) is 0.859. The Bertz CT molecular complexity index is 546. The maximum Gasteiger partial charge on any atom is 0.237 e. The Balaban J connectivity index is 1.55. The van der Waals surface area contributed by atoms with Gasteiger partial charge in [-0.15, -0.1) is 0 Å². The molecule has 2 aliphatic rings. The SMILES string of the molecule is O=C(NCC1(O)CCSC1)C1CCCN1Cc1ccc(F)cc1. The van der Waals surface area contributed by atoms with Gasteiger partial charge in [0.1, 0.15) is 5.82 Å². The summed E-state index contributed by atoms with van der Waals surface area (Å²) in [5.74, 6) is 1.39. The molecule has 0 saturated carbocycles. The highest BCUT2D eigenvalue weighted by molar-refractivity contribution is 7.99. The van der Waals surface area contributed by atoms with E-state index in [4.69, 9.17) is 0 Å². The molecule has 0 spiro atoms. The zero-order valence-corrected chi connectivity index (χ0v) is 13.9. The van der Waals surface area contributed by atoms with Crippen molar-refractivity contribution in [1.29, 1.82) is 0 Å². The molecule has 4 nitrogen and oxygen atoms in total. The summed E-state index contributed by atoms with van der Waals surface area (Å²) in [6.45, 7) is 1.85. The van der Waals surface area contributed by atoms with E-state index < -0.39 is 5.60 Å². The summed E-state index contributed by atoms with van der Waals surface area (Å²) < 4.78 is 13.0. The number of carbonyl (C=O) groups excluding carboxylic acids is 1. The van der Waals surface area contributed by atoms with Crippen molar-refractivity contribution in [2.45, 2.75) is 37.5 Å². The van der Waals surface area contributed by atoms with Gasteiger partial charge < -0.3 is 10.4 Å². The number of aliphatic hydroxyl groups is 1. The van der Waals surface area contributed by atoms with E-state index in [1.165, 1.54) is 12.1 Å². The van der Waals surface area contributed by atoms with E-state index in [-0.39, 0.29) is 17.8 Å². The molecule has 0 radical (unpaired) electrons. The van der Waals surface area contributed by atoms with E-state index >= 15 is 0 Å². The fourth-order valence-corrected chi connectivity index (χ4v) is 4.54. The molecule has 2 saturated heterocycles. The summed E-state index contributed by atoms with van der Waals surface area (Å²) in [5.41, 5.74) is 0.262. The number of likely N-dealkylation sites (tertiary alicyclic amines) is 1. The summed E-state index contributed by atoms with van der Waals surface area (Å²) in [4.78, 5) is 14.6. The van der Waals surface area contributed by atoms with Crippen molar-refractivity contribution in [2.75, 3.05) is 24.6 Å². The van der Waals surface area contributed by atoms with Gasteiger partial charge in [-0.3, -0.25) is 9.69 Å². The molecule has 2 heterocycles. The summed E-state index contributed by atoms with van der Waals surface area (Å²) >= 11 is 1.73. The first-order valence-corrected chi connectivity index (χ1v) is 9.28. The zero-order chi connectivity index (χ0) is 16.3. The molecule has 2 aliphatic heterocycles. The summed E-state index contributed by atoms with van der Waals surface area (Å²) in [6.07, 6.45) is 2.56. The molecule has 23 heavy (non-hydrogen) atoms. The number of rotatable bonds is 5. The summed E-state index contributed by atoms with van der Waals surface area (Å²) in [5, 5.41) is 13.3. The van der Waals surface area contributed by atoms with Crippen LogP contribution in [0.2, 0.25) is 0 Å². The Kier molecular flexibility index (Phi) is 5.24. The molecule has 2 unspecified atom stereocenters. The molecule has 6 heteroatoms. The van der Waals surface area contributed by atoms with Crippen LogP contribution in [0.1, 0.15) is 24.8 Å². The number of benzene rings is 1. The Morgan fingerprint density at radius 2 is 2.22 bits per heavy atom. The molecular formula is C17H23FN2O2S. The second kappa shape index (κ2) is 7.20. The number of hydrogen-bond donors (Lipinski definition) is 2. The second-order valence-corrected chi connectivity index (χ2v) is 7.60. The van der Waals surface area contributed by atoms with Gasteiger partial charge in [0.15, 0.2) is 0 Å². The van der Waals surface area contributed by atoms with Gasteiger partial charge in [0.25, 0.3) is 0 Å². The van der Waals surface area contributed by atoms with Crippen molar-refractivity contribution in [3.63, 3.8) is 0 Å². The van der Waals surface area contributed by atoms with E-state index in [9.17, 15) is 14.3 Å². The van der Waals surface area contributed by atoms with Gasteiger partial charge in [-0.25, -0.2) is 4.39 Å². The Labute approximate surface area is 140 Å². The molecule has 2 N–H and O–H groups in total. The number of amides is 1. The number of thioether (sulfide) groups is 1. The second-order valence-electron chi connectivity index (χ2n) is 6.50. The number of nitrogens with zero attached hydrogens (tertiary/aromatic N) is 1. The van der Waals surface area contributed by atoms with E-state index in [1.54, 1.807) is 23.9 Å². The highest BCUT2D eigenvalue weighted by atomic mass is 32.2. The molecule has 1 amide bonds. The molecule has 126 valence electrons. The Morgan fingerprint density at radius 3 is 2.91 bits per heavy atom. The van der Waals surface area contributed by atoms with Gasteiger partial charge in [-0.1, -0.05) is 12.1 Å². The standard InChI is InChI=1S/C17H23FN2O2S/c18-14-5-3-13(4-6-14)10-20-8-1-2-15(20)16(21)19-11-17(22)7-9-23-12-17/h3-6,15,22H,1-2,7-12H2,(H,19,21). The largest absolute Gasteiger partial charge is 0.387 e. The minimum Gasteiger partial charge on any atom is -0.387 e. The minimum atomic E-state index is -0.749. The average molecular weight is 338 g/mol. The average Bonchev–Trinajstić information content (AvgIpc) is 3.17. The van der Waals surface area contributed by atoms with Crippen LogP contribution in [0.15, 0.2) is 24.3 Å². The van der Waals surface area contributed by atoms with Crippen molar-refractivity contribution in [2.24, 2.45) is 0 Å². The summed E-state index contributed by atoms with van der Waals surface area (Å²) in [7, 11) is 0. The van der Waals surface area contributed by atoms with E-state index in [0.717, 1.165) is 37.1 Å². The van der Waals surface area contributed by atoms with Gasteiger partial charge in [0.2, 0.25) is 5.91 Å². The predicted molar refractivity (Wildman–Crippen MR) is 89.7 cm³/mol. The maximum absolute atomic E-state index is 13.0. The minimum absolute atomic E-state index is 0.00469. The number of carbonyl (C=O) groups is 1. The topological polar surface area (TPSA) is 52.6 Å². The van der Waals surface area contributed by atoms with E-state index in [1.807, 2.05) is 0 Å². The van der Waals surface area contributed by atoms with Crippen LogP contribution in [0.5, 0.6) is 0 Å². The molecule has 3 rings (SSSR count). The van der Waals surface area contributed by atoms with Crippen molar-refractivity contribution in [3.05, 3.63) is 35.6 Å². The number of nitrogens with one attached hydrogen (secondary N) is 1. The lowest BCUT2D eigenvalue weighted by atomic mass is 10.0. The first-order chi connectivity index (χ1) is 11.1. The van der Waals surface area contributed by atoms with Crippen LogP contribution < -0.4 is 5.32 Å². The fraction of sp³-hybridized carbons (Fsp3) is 0.588. The van der Waals surface area contributed by atoms with Gasteiger partial charge in [-0.2, -0.15) is 11.8 Å². The highest BCUT2D eigenvalue weighted by Crippen LogP contribution is 2.27. The van der Waals surface area contributed by atoms with Crippen LogP contribution in [0.25, 0.3) is 0 Å². The lowest BCUT2D eigenvalue weighted by molar-refractivity contribution is -0.126. The van der Waals surface area contributed by atoms with Gasteiger partial charge in [-0.05, 0) is 49.3 Å². The van der Waals surface area contributed by atoms with E-state index in [0.29, 0.717) is 18.8 Å². The first kappa shape index (κ1) is 16.7. The smallest absolute Gasteiger partial charge is 0.237 e. The number of hydrogen-bond acceptors (Lipinski definition) is 4. The molecule has 0 aromatic heterocycles. The van der Waals surface area contributed by atoms with Crippen LogP contribution in [0, 0.1) is 5.82 Å². The summed E-state index contributed by atoms with van der Waals surface area (Å²) in [6, 6.07) is 6.28. The third-order valence-corrected chi connectivity index (χ3v) is 5.87. The molecular weight excluding hydrogens is 315 g/mol. The normalized spacial score (nSPS) is 28.2. The molecule has 1 aromatic carbocycles. The maximum atomic E-state index is 13.0.